The molecule has 0 aliphatic heterocycles. The third-order valence-corrected chi connectivity index (χ3v) is 3.38. The van der Waals surface area contributed by atoms with Crippen molar-refractivity contribution in [3.8, 4) is 5.69 Å². The van der Waals surface area contributed by atoms with E-state index in [0.717, 1.165) is 0 Å². The second-order valence-corrected chi connectivity index (χ2v) is 4.87. The van der Waals surface area contributed by atoms with Gasteiger partial charge in [-0.15, -0.1) is 0 Å². The SMILES string of the molecule is Cc1cc([N+](=O)[O-])c(C)cc1-n1nc(C)c([N+](=O)[O-])c1C. The van der Waals surface area contributed by atoms with Gasteiger partial charge in [0.05, 0.1) is 15.5 Å². The van der Waals surface area contributed by atoms with Crippen LogP contribution in [0.2, 0.25) is 0 Å². The predicted molar refractivity (Wildman–Crippen MR) is 75.8 cm³/mol. The number of hydrogen-bond acceptors (Lipinski definition) is 5. The van der Waals surface area contributed by atoms with Gasteiger partial charge in [-0.3, -0.25) is 20.2 Å². The number of aromatic nitrogens is 2. The molecule has 0 radical (unpaired) electrons. The standard InChI is InChI=1S/C13H14N4O4/c1-7-6-12(16(18)19)8(2)5-11(7)15-10(4)13(17(20)21)9(3)14-15/h5-6H,1-4H3. The molecule has 1 aromatic heterocycles. The van der Waals surface area contributed by atoms with Gasteiger partial charge >= 0.3 is 5.69 Å². The van der Waals surface area contributed by atoms with Gasteiger partial charge in [-0.25, -0.2) is 4.68 Å². The molecule has 1 heterocycles. The van der Waals surface area contributed by atoms with E-state index in [1.807, 2.05) is 0 Å². The van der Waals surface area contributed by atoms with Crippen molar-refractivity contribution in [3.05, 3.63) is 54.9 Å². The lowest BCUT2D eigenvalue weighted by Gasteiger charge is -2.09. The lowest BCUT2D eigenvalue weighted by Crippen LogP contribution is -2.04. The van der Waals surface area contributed by atoms with Crippen molar-refractivity contribution in [3.63, 3.8) is 0 Å². The van der Waals surface area contributed by atoms with Gasteiger partial charge in [-0.05, 0) is 39.3 Å². The molecule has 0 N–H and O–H groups in total. The van der Waals surface area contributed by atoms with Gasteiger partial charge in [0.15, 0.2) is 0 Å². The second kappa shape index (κ2) is 4.97. The Balaban J connectivity index is 2.69. The number of nitrogens with zero attached hydrogens (tertiary/aromatic N) is 4. The third kappa shape index (κ3) is 2.35. The summed E-state index contributed by atoms with van der Waals surface area (Å²) in [6, 6.07) is 3.07. The van der Waals surface area contributed by atoms with E-state index in [1.165, 1.54) is 10.7 Å². The molecule has 0 fully saturated rings. The van der Waals surface area contributed by atoms with Crippen molar-refractivity contribution < 1.29 is 9.85 Å². The minimum atomic E-state index is -0.470. The molecule has 21 heavy (non-hydrogen) atoms. The van der Waals surface area contributed by atoms with E-state index in [0.29, 0.717) is 28.2 Å². The summed E-state index contributed by atoms with van der Waals surface area (Å²) < 4.78 is 1.46. The maximum atomic E-state index is 11.0. The summed E-state index contributed by atoms with van der Waals surface area (Å²) in [5.41, 5.74) is 2.41. The summed E-state index contributed by atoms with van der Waals surface area (Å²) in [6.07, 6.45) is 0. The minimum Gasteiger partial charge on any atom is -0.258 e. The third-order valence-electron chi connectivity index (χ3n) is 3.38. The molecule has 0 saturated heterocycles. The molecule has 0 spiro atoms. The van der Waals surface area contributed by atoms with Crippen molar-refractivity contribution in [2.24, 2.45) is 0 Å². The zero-order valence-electron chi connectivity index (χ0n) is 12.1. The van der Waals surface area contributed by atoms with Crippen LogP contribution in [-0.2, 0) is 0 Å². The van der Waals surface area contributed by atoms with Gasteiger partial charge in [0.25, 0.3) is 5.69 Å². The van der Waals surface area contributed by atoms with Crippen LogP contribution in [0.4, 0.5) is 11.4 Å². The first-order valence-corrected chi connectivity index (χ1v) is 6.20. The largest absolute Gasteiger partial charge is 0.313 e. The molecule has 8 heteroatoms. The topological polar surface area (TPSA) is 104 Å². The van der Waals surface area contributed by atoms with Crippen LogP contribution in [0.1, 0.15) is 22.5 Å². The van der Waals surface area contributed by atoms with Crippen LogP contribution in [0.3, 0.4) is 0 Å². The fourth-order valence-corrected chi connectivity index (χ4v) is 2.34. The summed E-state index contributed by atoms with van der Waals surface area (Å²) in [7, 11) is 0. The molecule has 8 nitrogen and oxygen atoms in total. The van der Waals surface area contributed by atoms with E-state index in [1.54, 1.807) is 33.8 Å². The molecule has 0 bridgehead atoms. The second-order valence-electron chi connectivity index (χ2n) is 4.87. The molecule has 0 atom stereocenters. The highest BCUT2D eigenvalue weighted by atomic mass is 16.6. The molecule has 110 valence electrons. The number of nitro groups is 2. The first-order valence-electron chi connectivity index (χ1n) is 6.20. The van der Waals surface area contributed by atoms with Crippen molar-refractivity contribution in [1.82, 2.24) is 9.78 Å². The smallest absolute Gasteiger partial charge is 0.258 e. The van der Waals surface area contributed by atoms with Gasteiger partial charge in [-0.1, -0.05) is 0 Å². The van der Waals surface area contributed by atoms with Crippen molar-refractivity contribution in [1.29, 1.82) is 0 Å². The van der Waals surface area contributed by atoms with E-state index in [-0.39, 0.29) is 11.4 Å². The highest BCUT2D eigenvalue weighted by Gasteiger charge is 2.24. The van der Waals surface area contributed by atoms with Gasteiger partial charge in [0, 0.05) is 11.6 Å². The van der Waals surface area contributed by atoms with E-state index in [4.69, 9.17) is 0 Å². The summed E-state index contributed by atoms with van der Waals surface area (Å²) in [6.45, 7) is 6.51. The molecular weight excluding hydrogens is 276 g/mol. The molecule has 2 aromatic rings. The van der Waals surface area contributed by atoms with E-state index >= 15 is 0 Å². The van der Waals surface area contributed by atoms with Crippen LogP contribution in [-0.4, -0.2) is 19.6 Å². The summed E-state index contributed by atoms with van der Waals surface area (Å²) in [5, 5.41) is 26.2. The molecular formula is C13H14N4O4. The Bertz CT molecular complexity index is 764. The number of aryl methyl sites for hydroxylation is 3. The molecule has 2 rings (SSSR count). The quantitative estimate of drug-likeness (QED) is 0.638. The Kier molecular flexibility index (Phi) is 3.46. The minimum absolute atomic E-state index is 0.0206. The van der Waals surface area contributed by atoms with Crippen molar-refractivity contribution in [2.75, 3.05) is 0 Å². The fraction of sp³-hybridized carbons (Fsp3) is 0.308. The number of rotatable bonds is 3. The average molecular weight is 290 g/mol. The number of nitro benzene ring substituents is 1. The van der Waals surface area contributed by atoms with Gasteiger partial charge in [-0.2, -0.15) is 5.10 Å². The molecule has 0 saturated carbocycles. The Morgan fingerprint density at radius 1 is 1.00 bits per heavy atom. The van der Waals surface area contributed by atoms with Crippen molar-refractivity contribution in [2.45, 2.75) is 27.7 Å². The van der Waals surface area contributed by atoms with Gasteiger partial charge in [0.1, 0.15) is 11.4 Å². The monoisotopic (exact) mass is 290 g/mol. The van der Waals surface area contributed by atoms with Crippen LogP contribution in [0, 0.1) is 47.9 Å². The lowest BCUT2D eigenvalue weighted by atomic mass is 10.1. The average Bonchev–Trinajstić information content (AvgIpc) is 2.66. The number of hydrogen-bond donors (Lipinski definition) is 0. The molecule has 1 aromatic carbocycles. The summed E-state index contributed by atoms with van der Waals surface area (Å²) in [4.78, 5) is 21.1. The highest BCUT2D eigenvalue weighted by molar-refractivity contribution is 5.55. The van der Waals surface area contributed by atoms with Crippen LogP contribution in [0.15, 0.2) is 12.1 Å². The first-order chi connectivity index (χ1) is 9.73. The maximum Gasteiger partial charge on any atom is 0.313 e. The summed E-state index contributed by atoms with van der Waals surface area (Å²) >= 11 is 0. The molecule has 0 aliphatic carbocycles. The van der Waals surface area contributed by atoms with Crippen LogP contribution in [0.5, 0.6) is 0 Å². The molecule has 0 aliphatic rings. The van der Waals surface area contributed by atoms with Crippen LogP contribution >= 0.6 is 0 Å². The van der Waals surface area contributed by atoms with Gasteiger partial charge in [0.2, 0.25) is 0 Å². The maximum absolute atomic E-state index is 11.0. The predicted octanol–water partition coefficient (Wildman–Crippen LogP) is 2.92. The van der Waals surface area contributed by atoms with E-state index in [2.05, 4.69) is 5.10 Å². The van der Waals surface area contributed by atoms with Crippen molar-refractivity contribution >= 4 is 11.4 Å². The number of benzene rings is 1. The zero-order valence-corrected chi connectivity index (χ0v) is 12.1. The molecule has 0 amide bonds. The first kappa shape index (κ1) is 14.6. The summed E-state index contributed by atoms with van der Waals surface area (Å²) in [5.74, 6) is 0. The zero-order chi connectivity index (χ0) is 15.9. The van der Waals surface area contributed by atoms with E-state index in [9.17, 15) is 20.2 Å². The Morgan fingerprint density at radius 3 is 2.10 bits per heavy atom. The van der Waals surface area contributed by atoms with Crippen LogP contribution in [0.25, 0.3) is 5.69 Å². The lowest BCUT2D eigenvalue weighted by molar-refractivity contribution is -0.386. The normalized spacial score (nSPS) is 10.7. The fourth-order valence-electron chi connectivity index (χ4n) is 2.34. The highest BCUT2D eigenvalue weighted by Crippen LogP contribution is 2.29. The molecule has 0 unspecified atom stereocenters. The van der Waals surface area contributed by atoms with Gasteiger partial charge < -0.3 is 0 Å². The Labute approximate surface area is 120 Å². The van der Waals surface area contributed by atoms with E-state index < -0.39 is 9.85 Å². The van der Waals surface area contributed by atoms with Crippen LogP contribution < -0.4 is 0 Å². The Morgan fingerprint density at radius 2 is 1.62 bits per heavy atom. The Hall–Kier alpha value is -2.77.